The number of benzene rings is 1. The molecule has 0 saturated carbocycles. The van der Waals surface area contributed by atoms with Crippen LogP contribution in [0.5, 0.6) is 0 Å². The predicted octanol–water partition coefficient (Wildman–Crippen LogP) is 1.04. The third-order valence-electron chi connectivity index (χ3n) is 3.52. The van der Waals surface area contributed by atoms with Gasteiger partial charge in [0.15, 0.2) is 0 Å². The molecule has 1 aromatic rings. The largest absolute Gasteiger partial charge is 0.389 e. The Morgan fingerprint density at radius 2 is 1.68 bits per heavy atom. The van der Waals surface area contributed by atoms with Gasteiger partial charge in [-0.15, -0.1) is 0 Å². The van der Waals surface area contributed by atoms with Crippen LogP contribution in [-0.2, 0) is 6.54 Å². The predicted molar refractivity (Wildman–Crippen MR) is 79.3 cm³/mol. The molecule has 1 fully saturated rings. The van der Waals surface area contributed by atoms with E-state index in [0.29, 0.717) is 6.54 Å². The molecule has 0 spiro atoms. The molecular weight excluding hydrogens is 238 g/mol. The van der Waals surface area contributed by atoms with Crippen LogP contribution < -0.4 is 10.6 Å². The SMILES string of the molecule is CC(C)(O)CN1CCN(c2ccc(CN)cc2)CC1. The number of rotatable bonds is 4. The molecule has 4 nitrogen and oxygen atoms in total. The van der Waals surface area contributed by atoms with E-state index in [-0.39, 0.29) is 0 Å². The van der Waals surface area contributed by atoms with Gasteiger partial charge in [-0.3, -0.25) is 4.90 Å². The fraction of sp³-hybridized carbons (Fsp3) is 0.600. The van der Waals surface area contributed by atoms with E-state index < -0.39 is 5.60 Å². The van der Waals surface area contributed by atoms with Crippen molar-refractivity contribution in [1.29, 1.82) is 0 Å². The summed E-state index contributed by atoms with van der Waals surface area (Å²) in [5.74, 6) is 0. The summed E-state index contributed by atoms with van der Waals surface area (Å²) in [4.78, 5) is 4.71. The number of β-amino-alcohol motifs (C(OH)–C–C–N with tert-alkyl or cyclic N) is 1. The highest BCUT2D eigenvalue weighted by Crippen LogP contribution is 2.18. The maximum Gasteiger partial charge on any atom is 0.0718 e. The molecule has 0 aliphatic carbocycles. The van der Waals surface area contributed by atoms with Crippen molar-refractivity contribution in [3.8, 4) is 0 Å². The number of hydrogen-bond donors (Lipinski definition) is 2. The monoisotopic (exact) mass is 263 g/mol. The summed E-state index contributed by atoms with van der Waals surface area (Å²) in [6, 6.07) is 8.48. The second-order valence-electron chi connectivity index (χ2n) is 5.95. The topological polar surface area (TPSA) is 52.7 Å². The fourth-order valence-electron chi connectivity index (χ4n) is 2.55. The molecule has 0 atom stereocenters. The van der Waals surface area contributed by atoms with Crippen LogP contribution >= 0.6 is 0 Å². The molecule has 106 valence electrons. The van der Waals surface area contributed by atoms with Gasteiger partial charge < -0.3 is 15.7 Å². The number of nitrogens with two attached hydrogens (primary N) is 1. The van der Waals surface area contributed by atoms with E-state index in [4.69, 9.17) is 5.73 Å². The number of piperazine rings is 1. The molecule has 1 heterocycles. The molecule has 1 aromatic carbocycles. The van der Waals surface area contributed by atoms with E-state index in [1.165, 1.54) is 11.3 Å². The maximum atomic E-state index is 9.84. The van der Waals surface area contributed by atoms with Crippen LogP contribution in [0.4, 0.5) is 5.69 Å². The van der Waals surface area contributed by atoms with Crippen molar-refractivity contribution in [2.45, 2.75) is 26.0 Å². The van der Waals surface area contributed by atoms with Crippen molar-refractivity contribution in [2.75, 3.05) is 37.6 Å². The quantitative estimate of drug-likeness (QED) is 0.852. The molecule has 1 aliphatic heterocycles. The third kappa shape index (κ3) is 4.20. The molecule has 3 N–H and O–H groups in total. The molecule has 0 amide bonds. The van der Waals surface area contributed by atoms with Gasteiger partial charge in [-0.2, -0.15) is 0 Å². The standard InChI is InChI=1S/C15H25N3O/c1-15(2,19)12-17-7-9-18(10-8-17)14-5-3-13(11-16)4-6-14/h3-6,19H,7-12,16H2,1-2H3. The van der Waals surface area contributed by atoms with E-state index in [9.17, 15) is 5.11 Å². The van der Waals surface area contributed by atoms with Gasteiger partial charge >= 0.3 is 0 Å². The van der Waals surface area contributed by atoms with Gasteiger partial charge in [0.05, 0.1) is 5.60 Å². The number of aliphatic hydroxyl groups is 1. The minimum Gasteiger partial charge on any atom is -0.389 e. The summed E-state index contributed by atoms with van der Waals surface area (Å²) >= 11 is 0. The van der Waals surface area contributed by atoms with Crippen LogP contribution in [0.25, 0.3) is 0 Å². The second kappa shape index (κ2) is 5.90. The molecule has 2 rings (SSSR count). The Bertz CT molecular complexity index is 389. The van der Waals surface area contributed by atoms with Crippen molar-refractivity contribution in [1.82, 2.24) is 4.90 Å². The summed E-state index contributed by atoms with van der Waals surface area (Å²) in [6.45, 7) is 9.10. The van der Waals surface area contributed by atoms with Crippen LogP contribution in [0.2, 0.25) is 0 Å². The average Bonchev–Trinajstić information content (AvgIpc) is 2.38. The fourth-order valence-corrected chi connectivity index (χ4v) is 2.55. The molecular formula is C15H25N3O. The zero-order valence-electron chi connectivity index (χ0n) is 12.0. The first-order chi connectivity index (χ1) is 8.98. The normalized spacial score (nSPS) is 17.8. The Morgan fingerprint density at radius 1 is 1.11 bits per heavy atom. The zero-order chi connectivity index (χ0) is 13.9. The van der Waals surface area contributed by atoms with Crippen LogP contribution in [0.1, 0.15) is 19.4 Å². The lowest BCUT2D eigenvalue weighted by atomic mass is 10.1. The van der Waals surface area contributed by atoms with Crippen LogP contribution in [0.3, 0.4) is 0 Å². The number of anilines is 1. The Labute approximate surface area is 115 Å². The van der Waals surface area contributed by atoms with Crippen molar-refractivity contribution < 1.29 is 5.11 Å². The molecule has 0 radical (unpaired) electrons. The minimum absolute atomic E-state index is 0.597. The minimum atomic E-state index is -0.606. The Hall–Kier alpha value is -1.10. The van der Waals surface area contributed by atoms with Crippen LogP contribution in [0, 0.1) is 0 Å². The smallest absolute Gasteiger partial charge is 0.0718 e. The highest BCUT2D eigenvalue weighted by Gasteiger charge is 2.22. The average molecular weight is 263 g/mol. The van der Waals surface area contributed by atoms with Crippen molar-refractivity contribution in [2.24, 2.45) is 5.73 Å². The molecule has 4 heteroatoms. The van der Waals surface area contributed by atoms with Crippen molar-refractivity contribution in [3.63, 3.8) is 0 Å². The summed E-state index contributed by atoms with van der Waals surface area (Å²) < 4.78 is 0. The summed E-state index contributed by atoms with van der Waals surface area (Å²) in [7, 11) is 0. The van der Waals surface area contributed by atoms with Crippen LogP contribution in [-0.4, -0.2) is 48.3 Å². The van der Waals surface area contributed by atoms with E-state index >= 15 is 0 Å². The van der Waals surface area contributed by atoms with E-state index in [2.05, 4.69) is 34.1 Å². The molecule has 0 aromatic heterocycles. The number of nitrogens with zero attached hydrogens (tertiary/aromatic N) is 2. The third-order valence-corrected chi connectivity index (χ3v) is 3.52. The van der Waals surface area contributed by atoms with Crippen molar-refractivity contribution in [3.05, 3.63) is 29.8 Å². The van der Waals surface area contributed by atoms with Gasteiger partial charge in [0.25, 0.3) is 0 Å². The lowest BCUT2D eigenvalue weighted by Gasteiger charge is -2.38. The Balaban J connectivity index is 1.88. The van der Waals surface area contributed by atoms with E-state index in [1.54, 1.807) is 0 Å². The van der Waals surface area contributed by atoms with Gasteiger partial charge in [0, 0.05) is 45.0 Å². The maximum absolute atomic E-state index is 9.84. The lowest BCUT2D eigenvalue weighted by Crippen LogP contribution is -2.50. The summed E-state index contributed by atoms with van der Waals surface area (Å²) in [5, 5.41) is 9.84. The molecule has 19 heavy (non-hydrogen) atoms. The second-order valence-corrected chi connectivity index (χ2v) is 5.95. The van der Waals surface area contributed by atoms with Gasteiger partial charge in [0.1, 0.15) is 0 Å². The summed E-state index contributed by atoms with van der Waals surface area (Å²) in [6.07, 6.45) is 0. The van der Waals surface area contributed by atoms with Gasteiger partial charge in [0.2, 0.25) is 0 Å². The Morgan fingerprint density at radius 3 is 2.16 bits per heavy atom. The number of hydrogen-bond acceptors (Lipinski definition) is 4. The highest BCUT2D eigenvalue weighted by molar-refractivity contribution is 5.48. The molecule has 0 unspecified atom stereocenters. The molecule has 0 bridgehead atoms. The van der Waals surface area contributed by atoms with E-state index in [0.717, 1.165) is 32.7 Å². The summed E-state index contributed by atoms with van der Waals surface area (Å²) in [5.41, 5.74) is 7.44. The van der Waals surface area contributed by atoms with Gasteiger partial charge in [-0.1, -0.05) is 12.1 Å². The molecule has 1 aliphatic rings. The van der Waals surface area contributed by atoms with Crippen LogP contribution in [0.15, 0.2) is 24.3 Å². The van der Waals surface area contributed by atoms with E-state index in [1.807, 2.05) is 13.8 Å². The zero-order valence-corrected chi connectivity index (χ0v) is 12.0. The van der Waals surface area contributed by atoms with Gasteiger partial charge in [-0.25, -0.2) is 0 Å². The first-order valence-corrected chi connectivity index (χ1v) is 6.97. The van der Waals surface area contributed by atoms with Gasteiger partial charge in [-0.05, 0) is 31.5 Å². The first kappa shape index (κ1) is 14.3. The lowest BCUT2D eigenvalue weighted by molar-refractivity contribution is 0.0345. The van der Waals surface area contributed by atoms with Crippen molar-refractivity contribution >= 4 is 5.69 Å². The Kier molecular flexibility index (Phi) is 4.45. The molecule has 1 saturated heterocycles. The first-order valence-electron chi connectivity index (χ1n) is 6.97. The highest BCUT2D eigenvalue weighted by atomic mass is 16.3.